The molecule has 0 bridgehead atoms. The molecule has 0 spiro atoms. The predicted molar refractivity (Wildman–Crippen MR) is 128 cm³/mol. The minimum Gasteiger partial charge on any atom is -0.490 e. The number of hydrogen-bond acceptors (Lipinski definition) is 3. The smallest absolute Gasteiger partial charge is 0.416 e. The fourth-order valence-electron chi connectivity index (χ4n) is 4.43. The van der Waals surface area contributed by atoms with E-state index in [0.717, 1.165) is 23.2 Å². The molecular weight excluding hydrogens is 479 g/mol. The molecule has 1 fully saturated rings. The van der Waals surface area contributed by atoms with Gasteiger partial charge < -0.3 is 14.2 Å². The number of amides is 1. The van der Waals surface area contributed by atoms with Crippen molar-refractivity contribution in [2.75, 3.05) is 18.1 Å². The standard InChI is InChI=1S/C26H21ClF3N3O2/c27-20-8-1-4-11-23(20)35-13-12-32-22-10-3-2-9-21(22)31-25(32)17-14-24(34)33(16-17)19-7-5-6-18(15-19)26(28,29)30/h1-11,15,17H,12-14,16H2/t17-/m0/s1. The van der Waals surface area contributed by atoms with Crippen LogP contribution in [0.4, 0.5) is 18.9 Å². The van der Waals surface area contributed by atoms with E-state index in [4.69, 9.17) is 21.3 Å². The number of rotatable bonds is 6. The van der Waals surface area contributed by atoms with Crippen LogP contribution in [-0.4, -0.2) is 28.6 Å². The highest BCUT2D eigenvalue weighted by Gasteiger charge is 2.36. The summed E-state index contributed by atoms with van der Waals surface area (Å²) in [7, 11) is 0. The summed E-state index contributed by atoms with van der Waals surface area (Å²) in [5.74, 6) is 0.772. The molecule has 0 N–H and O–H groups in total. The van der Waals surface area contributed by atoms with Crippen molar-refractivity contribution in [2.24, 2.45) is 0 Å². The van der Waals surface area contributed by atoms with Gasteiger partial charge in [-0.15, -0.1) is 0 Å². The van der Waals surface area contributed by atoms with Gasteiger partial charge in [-0.3, -0.25) is 4.79 Å². The Morgan fingerprint density at radius 1 is 1.03 bits per heavy atom. The van der Waals surface area contributed by atoms with E-state index in [1.54, 1.807) is 12.1 Å². The molecule has 1 aliphatic rings. The summed E-state index contributed by atoms with van der Waals surface area (Å²) in [5.41, 5.74) is 1.13. The molecule has 4 aromatic rings. The van der Waals surface area contributed by atoms with Crippen molar-refractivity contribution < 1.29 is 22.7 Å². The monoisotopic (exact) mass is 499 g/mol. The molecule has 1 amide bonds. The maximum Gasteiger partial charge on any atom is 0.416 e. The first-order valence-corrected chi connectivity index (χ1v) is 11.5. The van der Waals surface area contributed by atoms with Gasteiger partial charge in [0, 0.05) is 24.6 Å². The van der Waals surface area contributed by atoms with Crippen LogP contribution in [0.3, 0.4) is 0 Å². The number of fused-ring (bicyclic) bond motifs is 1. The number of benzene rings is 3. The third-order valence-electron chi connectivity index (χ3n) is 6.07. The van der Waals surface area contributed by atoms with Crippen LogP contribution in [0.25, 0.3) is 11.0 Å². The molecule has 5 nitrogen and oxygen atoms in total. The lowest BCUT2D eigenvalue weighted by Gasteiger charge is -2.19. The molecule has 5 rings (SSSR count). The van der Waals surface area contributed by atoms with Gasteiger partial charge in [-0.05, 0) is 42.5 Å². The van der Waals surface area contributed by atoms with Crippen LogP contribution in [0.15, 0.2) is 72.8 Å². The van der Waals surface area contributed by atoms with Gasteiger partial charge in [0.15, 0.2) is 0 Å². The van der Waals surface area contributed by atoms with E-state index in [2.05, 4.69) is 0 Å². The van der Waals surface area contributed by atoms with Crippen LogP contribution < -0.4 is 9.64 Å². The fraction of sp³-hybridized carbons (Fsp3) is 0.231. The van der Waals surface area contributed by atoms with Crippen LogP contribution in [0, 0.1) is 0 Å². The zero-order valence-electron chi connectivity index (χ0n) is 18.5. The van der Waals surface area contributed by atoms with Gasteiger partial charge in [-0.2, -0.15) is 13.2 Å². The van der Waals surface area contributed by atoms with Crippen molar-refractivity contribution in [2.45, 2.75) is 25.1 Å². The van der Waals surface area contributed by atoms with E-state index in [1.807, 2.05) is 41.0 Å². The Labute approximate surface area is 204 Å². The van der Waals surface area contributed by atoms with Crippen molar-refractivity contribution in [3.63, 3.8) is 0 Å². The molecule has 2 heterocycles. The molecule has 9 heteroatoms. The quantitative estimate of drug-likeness (QED) is 0.312. The average Bonchev–Trinajstić information content (AvgIpc) is 3.40. The third kappa shape index (κ3) is 4.71. The zero-order chi connectivity index (χ0) is 24.6. The van der Waals surface area contributed by atoms with Gasteiger partial charge in [-0.1, -0.05) is 41.9 Å². The van der Waals surface area contributed by atoms with E-state index >= 15 is 0 Å². The lowest BCUT2D eigenvalue weighted by Crippen LogP contribution is -2.25. The summed E-state index contributed by atoms with van der Waals surface area (Å²) >= 11 is 6.19. The number of halogens is 4. The average molecular weight is 500 g/mol. The first kappa shape index (κ1) is 23.2. The van der Waals surface area contributed by atoms with Gasteiger partial charge in [0.05, 0.1) is 28.2 Å². The number of ether oxygens (including phenoxy) is 1. The van der Waals surface area contributed by atoms with Crippen LogP contribution in [0.1, 0.15) is 23.7 Å². The largest absolute Gasteiger partial charge is 0.490 e. The van der Waals surface area contributed by atoms with E-state index in [0.29, 0.717) is 29.7 Å². The van der Waals surface area contributed by atoms with Gasteiger partial charge in [0.2, 0.25) is 5.91 Å². The van der Waals surface area contributed by atoms with Crippen molar-refractivity contribution in [3.05, 3.63) is 89.2 Å². The van der Waals surface area contributed by atoms with Gasteiger partial charge in [0.25, 0.3) is 0 Å². The SMILES string of the molecule is O=C1C[C@H](c2nc3ccccc3n2CCOc2ccccc2Cl)CN1c1cccc(C(F)(F)F)c1. The predicted octanol–water partition coefficient (Wildman–Crippen LogP) is 6.31. The van der Waals surface area contributed by atoms with Crippen molar-refractivity contribution in [3.8, 4) is 5.75 Å². The molecule has 0 aliphatic carbocycles. The summed E-state index contributed by atoms with van der Waals surface area (Å²) in [6.07, 6.45) is -4.32. The Hall–Kier alpha value is -3.52. The van der Waals surface area contributed by atoms with E-state index in [1.165, 1.54) is 17.0 Å². The second-order valence-electron chi connectivity index (χ2n) is 8.34. The van der Waals surface area contributed by atoms with Crippen molar-refractivity contribution >= 4 is 34.2 Å². The lowest BCUT2D eigenvalue weighted by atomic mass is 10.1. The summed E-state index contributed by atoms with van der Waals surface area (Å²) < 4.78 is 47.5. The highest BCUT2D eigenvalue weighted by atomic mass is 35.5. The molecule has 1 aliphatic heterocycles. The zero-order valence-corrected chi connectivity index (χ0v) is 19.3. The van der Waals surface area contributed by atoms with Gasteiger partial charge in [0.1, 0.15) is 18.2 Å². The van der Waals surface area contributed by atoms with Gasteiger partial charge in [-0.25, -0.2) is 4.98 Å². The maximum atomic E-state index is 13.2. The number of carbonyl (C=O) groups excluding carboxylic acids is 1. The summed E-state index contributed by atoms with van der Waals surface area (Å²) in [4.78, 5) is 19.0. The molecule has 35 heavy (non-hydrogen) atoms. The van der Waals surface area contributed by atoms with E-state index in [9.17, 15) is 18.0 Å². The van der Waals surface area contributed by atoms with Crippen LogP contribution in [0.5, 0.6) is 5.75 Å². The Balaban J connectivity index is 1.41. The number of alkyl halides is 3. The highest BCUT2D eigenvalue weighted by Crippen LogP contribution is 2.36. The molecule has 0 saturated carbocycles. The fourth-order valence-corrected chi connectivity index (χ4v) is 4.62. The normalized spacial score (nSPS) is 16.3. The van der Waals surface area contributed by atoms with Crippen LogP contribution in [-0.2, 0) is 17.5 Å². The molecule has 1 atom stereocenters. The van der Waals surface area contributed by atoms with Crippen LogP contribution >= 0.6 is 11.6 Å². The molecule has 3 aromatic carbocycles. The van der Waals surface area contributed by atoms with Crippen molar-refractivity contribution in [1.82, 2.24) is 9.55 Å². The van der Waals surface area contributed by atoms with Gasteiger partial charge >= 0.3 is 6.18 Å². The molecule has 180 valence electrons. The molecule has 1 saturated heterocycles. The minimum absolute atomic E-state index is 0.158. The number of para-hydroxylation sites is 3. The number of carbonyl (C=O) groups is 1. The Bertz CT molecular complexity index is 1390. The minimum atomic E-state index is -4.48. The molecule has 0 radical (unpaired) electrons. The molecular formula is C26H21ClF3N3O2. The second-order valence-corrected chi connectivity index (χ2v) is 8.75. The first-order valence-electron chi connectivity index (χ1n) is 11.1. The Morgan fingerprint density at radius 2 is 1.80 bits per heavy atom. The molecule has 0 unspecified atom stereocenters. The third-order valence-corrected chi connectivity index (χ3v) is 6.38. The number of anilines is 1. The second kappa shape index (κ2) is 9.26. The summed E-state index contributed by atoms with van der Waals surface area (Å²) in [5, 5.41) is 0.515. The summed E-state index contributed by atoms with van der Waals surface area (Å²) in [6.45, 7) is 1.04. The lowest BCUT2D eigenvalue weighted by molar-refractivity contribution is -0.137. The highest BCUT2D eigenvalue weighted by molar-refractivity contribution is 6.32. The number of nitrogens with zero attached hydrogens (tertiary/aromatic N) is 3. The van der Waals surface area contributed by atoms with E-state index < -0.39 is 11.7 Å². The summed E-state index contributed by atoms with van der Waals surface area (Å²) in [6, 6.07) is 19.7. The first-order chi connectivity index (χ1) is 16.8. The number of imidazole rings is 1. The van der Waals surface area contributed by atoms with Crippen molar-refractivity contribution in [1.29, 1.82) is 0 Å². The van der Waals surface area contributed by atoms with E-state index in [-0.39, 0.29) is 30.5 Å². The molecule has 1 aromatic heterocycles. The maximum absolute atomic E-state index is 13.2. The Kier molecular flexibility index (Phi) is 6.15. The Morgan fingerprint density at radius 3 is 2.60 bits per heavy atom. The number of hydrogen-bond donors (Lipinski definition) is 0. The topological polar surface area (TPSA) is 47.4 Å². The number of aromatic nitrogens is 2. The van der Waals surface area contributed by atoms with Crippen LogP contribution in [0.2, 0.25) is 5.02 Å².